The Labute approximate surface area is 87.2 Å². The van der Waals surface area contributed by atoms with Crippen LogP contribution in [0.15, 0.2) is 0 Å². The van der Waals surface area contributed by atoms with Crippen LogP contribution < -0.4 is 5.32 Å². The number of carbonyl (C=O) groups excluding carboxylic acids is 1. The summed E-state index contributed by atoms with van der Waals surface area (Å²) in [4.78, 5) is 11.3. The zero-order valence-electron chi connectivity index (χ0n) is 9.96. The van der Waals surface area contributed by atoms with Crippen molar-refractivity contribution in [3.8, 4) is 0 Å². The van der Waals surface area contributed by atoms with E-state index in [-0.39, 0.29) is 12.1 Å². The molecule has 84 valence electrons. The fourth-order valence-electron chi connectivity index (χ4n) is 0.865. The summed E-state index contributed by atoms with van der Waals surface area (Å²) in [6.45, 7) is 10.8. The van der Waals surface area contributed by atoms with E-state index in [0.29, 0.717) is 24.9 Å². The second kappa shape index (κ2) is 6.82. The lowest BCUT2D eigenvalue weighted by molar-refractivity contribution is -0.150. The summed E-state index contributed by atoms with van der Waals surface area (Å²) in [7, 11) is 0. The van der Waals surface area contributed by atoms with Crippen molar-refractivity contribution in [2.45, 2.75) is 53.2 Å². The van der Waals surface area contributed by atoms with E-state index in [9.17, 15) is 4.79 Å². The van der Waals surface area contributed by atoms with Crippen molar-refractivity contribution >= 4 is 5.97 Å². The summed E-state index contributed by atoms with van der Waals surface area (Å²) >= 11 is 0. The Morgan fingerprint density at radius 3 is 2.21 bits per heavy atom. The topological polar surface area (TPSA) is 38.3 Å². The van der Waals surface area contributed by atoms with Crippen molar-refractivity contribution < 1.29 is 9.53 Å². The predicted molar refractivity (Wildman–Crippen MR) is 58.1 cm³/mol. The molecule has 0 aliphatic carbocycles. The molecule has 0 bridgehead atoms. The lowest BCUT2D eigenvalue weighted by atomic mass is 10.1. The molecule has 0 heterocycles. The van der Waals surface area contributed by atoms with Gasteiger partial charge in [0, 0.05) is 12.6 Å². The molecule has 0 amide bonds. The third-order valence-electron chi connectivity index (χ3n) is 2.14. The first-order valence-electron chi connectivity index (χ1n) is 5.36. The Hall–Kier alpha value is -0.570. The van der Waals surface area contributed by atoms with Gasteiger partial charge in [0.2, 0.25) is 0 Å². The van der Waals surface area contributed by atoms with Crippen LogP contribution in [0.5, 0.6) is 0 Å². The standard InChI is InChI=1S/C11H23NO2/c1-8(2)10(5)14-11(13)6-7-12-9(3)4/h8-10,12H,6-7H2,1-5H3. The lowest BCUT2D eigenvalue weighted by Gasteiger charge is -2.16. The van der Waals surface area contributed by atoms with E-state index >= 15 is 0 Å². The van der Waals surface area contributed by atoms with Gasteiger partial charge < -0.3 is 10.1 Å². The van der Waals surface area contributed by atoms with Crippen molar-refractivity contribution in [3.05, 3.63) is 0 Å². The highest BCUT2D eigenvalue weighted by atomic mass is 16.5. The zero-order chi connectivity index (χ0) is 11.1. The van der Waals surface area contributed by atoms with Gasteiger partial charge in [-0.15, -0.1) is 0 Å². The first kappa shape index (κ1) is 13.4. The summed E-state index contributed by atoms with van der Waals surface area (Å²) in [5.41, 5.74) is 0. The lowest BCUT2D eigenvalue weighted by Crippen LogP contribution is -2.27. The number of hydrogen-bond acceptors (Lipinski definition) is 3. The Morgan fingerprint density at radius 2 is 1.79 bits per heavy atom. The molecule has 3 nitrogen and oxygen atoms in total. The van der Waals surface area contributed by atoms with Crippen LogP contribution >= 0.6 is 0 Å². The van der Waals surface area contributed by atoms with Gasteiger partial charge in [-0.05, 0) is 12.8 Å². The second-order valence-electron chi connectivity index (χ2n) is 4.30. The highest BCUT2D eigenvalue weighted by Gasteiger charge is 2.12. The predicted octanol–water partition coefficient (Wildman–Crippen LogP) is 1.96. The van der Waals surface area contributed by atoms with E-state index in [1.165, 1.54) is 0 Å². The smallest absolute Gasteiger partial charge is 0.307 e. The first-order chi connectivity index (χ1) is 6.43. The summed E-state index contributed by atoms with van der Waals surface area (Å²) in [6.07, 6.45) is 0.469. The number of hydrogen-bond donors (Lipinski definition) is 1. The van der Waals surface area contributed by atoms with Crippen molar-refractivity contribution in [2.75, 3.05) is 6.54 Å². The number of nitrogens with one attached hydrogen (secondary N) is 1. The van der Waals surface area contributed by atoms with E-state index in [4.69, 9.17) is 4.74 Å². The van der Waals surface area contributed by atoms with E-state index in [1.54, 1.807) is 0 Å². The third-order valence-corrected chi connectivity index (χ3v) is 2.14. The molecule has 0 aliphatic rings. The maximum atomic E-state index is 11.3. The quantitative estimate of drug-likeness (QED) is 0.668. The molecule has 1 atom stereocenters. The molecule has 0 aromatic carbocycles. The molecular weight excluding hydrogens is 178 g/mol. The zero-order valence-corrected chi connectivity index (χ0v) is 9.96. The molecular formula is C11H23NO2. The van der Waals surface area contributed by atoms with Gasteiger partial charge in [-0.2, -0.15) is 0 Å². The van der Waals surface area contributed by atoms with E-state index in [1.807, 2.05) is 20.8 Å². The monoisotopic (exact) mass is 201 g/mol. The van der Waals surface area contributed by atoms with E-state index in [0.717, 1.165) is 0 Å². The van der Waals surface area contributed by atoms with Crippen LogP contribution in [0, 0.1) is 5.92 Å². The summed E-state index contributed by atoms with van der Waals surface area (Å²) in [6, 6.07) is 0.422. The molecule has 0 saturated heterocycles. The highest BCUT2D eigenvalue weighted by molar-refractivity contribution is 5.69. The highest BCUT2D eigenvalue weighted by Crippen LogP contribution is 2.05. The van der Waals surface area contributed by atoms with Gasteiger partial charge in [0.25, 0.3) is 0 Å². The molecule has 0 saturated carbocycles. The second-order valence-corrected chi connectivity index (χ2v) is 4.30. The number of carbonyl (C=O) groups is 1. The molecule has 0 aromatic heterocycles. The fourth-order valence-corrected chi connectivity index (χ4v) is 0.865. The third kappa shape index (κ3) is 6.89. The average Bonchev–Trinajstić information content (AvgIpc) is 2.02. The summed E-state index contributed by atoms with van der Waals surface area (Å²) in [5, 5.41) is 3.18. The molecule has 3 heteroatoms. The van der Waals surface area contributed by atoms with Gasteiger partial charge in [0.1, 0.15) is 6.10 Å². The fraction of sp³-hybridized carbons (Fsp3) is 0.909. The number of esters is 1. The van der Waals surface area contributed by atoms with Crippen LogP contribution in [-0.2, 0) is 9.53 Å². The maximum Gasteiger partial charge on any atom is 0.307 e. The van der Waals surface area contributed by atoms with Crippen LogP contribution in [0.25, 0.3) is 0 Å². The molecule has 1 N–H and O–H groups in total. The minimum Gasteiger partial charge on any atom is -0.462 e. The summed E-state index contributed by atoms with van der Waals surface area (Å²) in [5.74, 6) is 0.274. The SMILES string of the molecule is CC(C)NCCC(=O)OC(C)C(C)C. The van der Waals surface area contributed by atoms with Crippen LogP contribution in [0.4, 0.5) is 0 Å². The van der Waals surface area contributed by atoms with Gasteiger partial charge in [-0.1, -0.05) is 27.7 Å². The minimum absolute atomic E-state index is 0.0153. The molecule has 1 unspecified atom stereocenters. The van der Waals surface area contributed by atoms with Crippen LogP contribution in [0.3, 0.4) is 0 Å². The van der Waals surface area contributed by atoms with Gasteiger partial charge in [-0.25, -0.2) is 0 Å². The normalized spacial score (nSPS) is 13.4. The van der Waals surface area contributed by atoms with E-state index in [2.05, 4.69) is 19.2 Å². The van der Waals surface area contributed by atoms with Gasteiger partial charge in [-0.3, -0.25) is 4.79 Å². The molecule has 0 spiro atoms. The van der Waals surface area contributed by atoms with Crippen molar-refractivity contribution in [3.63, 3.8) is 0 Å². The Bertz CT molecular complexity index is 167. The minimum atomic E-state index is -0.112. The first-order valence-corrected chi connectivity index (χ1v) is 5.36. The summed E-state index contributed by atoms with van der Waals surface area (Å²) < 4.78 is 5.21. The average molecular weight is 201 g/mol. The van der Waals surface area contributed by atoms with Crippen molar-refractivity contribution in [1.29, 1.82) is 0 Å². The molecule has 0 radical (unpaired) electrons. The van der Waals surface area contributed by atoms with Gasteiger partial charge >= 0.3 is 5.97 Å². The van der Waals surface area contributed by atoms with Crippen LogP contribution in [0.2, 0.25) is 0 Å². The van der Waals surface area contributed by atoms with Gasteiger partial charge in [0.05, 0.1) is 6.42 Å². The molecule has 0 fully saturated rings. The Kier molecular flexibility index (Phi) is 6.54. The van der Waals surface area contributed by atoms with Gasteiger partial charge in [0.15, 0.2) is 0 Å². The molecule has 0 rings (SSSR count). The Morgan fingerprint density at radius 1 is 1.21 bits per heavy atom. The van der Waals surface area contributed by atoms with E-state index < -0.39 is 0 Å². The van der Waals surface area contributed by atoms with Crippen LogP contribution in [-0.4, -0.2) is 24.7 Å². The molecule has 14 heavy (non-hydrogen) atoms. The Balaban J connectivity index is 3.55. The molecule has 0 aromatic rings. The molecule has 0 aliphatic heterocycles. The maximum absolute atomic E-state index is 11.3. The van der Waals surface area contributed by atoms with Crippen molar-refractivity contribution in [1.82, 2.24) is 5.32 Å². The number of ether oxygens (including phenoxy) is 1. The van der Waals surface area contributed by atoms with Crippen molar-refractivity contribution in [2.24, 2.45) is 5.92 Å². The van der Waals surface area contributed by atoms with Crippen LogP contribution in [0.1, 0.15) is 41.0 Å². The number of rotatable bonds is 6. The largest absolute Gasteiger partial charge is 0.462 e.